The van der Waals surface area contributed by atoms with Crippen LogP contribution in [0.4, 0.5) is 0 Å². The maximum atomic E-state index is 12.0. The Bertz CT molecular complexity index is 311. The van der Waals surface area contributed by atoms with Crippen LogP contribution in [0.1, 0.15) is 51.9 Å². The second kappa shape index (κ2) is 6.23. The summed E-state index contributed by atoms with van der Waals surface area (Å²) in [6.45, 7) is 3.63. The summed E-state index contributed by atoms with van der Waals surface area (Å²) in [6, 6.07) is 0.630. The van der Waals surface area contributed by atoms with Gasteiger partial charge in [0.05, 0.1) is 0 Å². The normalized spacial score (nSPS) is 24.4. The number of carbonyl (C=O) groups is 1. The first-order valence-corrected chi connectivity index (χ1v) is 7.85. The quantitative estimate of drug-likeness (QED) is 0.735. The number of hydrogen-bond donors (Lipinski definition) is 2. The second-order valence-electron chi connectivity index (χ2n) is 6.35. The minimum absolute atomic E-state index is 0.167. The Kier molecular flexibility index (Phi) is 4.85. The van der Waals surface area contributed by atoms with Crippen molar-refractivity contribution in [3.8, 4) is 0 Å². The van der Waals surface area contributed by atoms with Gasteiger partial charge in [-0.15, -0.1) is 0 Å². The van der Waals surface area contributed by atoms with E-state index in [-0.39, 0.29) is 5.91 Å². The van der Waals surface area contributed by atoms with E-state index in [1.807, 2.05) is 0 Å². The van der Waals surface area contributed by atoms with E-state index in [9.17, 15) is 4.79 Å². The van der Waals surface area contributed by atoms with Crippen LogP contribution in [0.2, 0.25) is 0 Å². The van der Waals surface area contributed by atoms with Gasteiger partial charge in [-0.1, -0.05) is 26.2 Å². The van der Waals surface area contributed by atoms with Gasteiger partial charge in [0.2, 0.25) is 5.91 Å². The van der Waals surface area contributed by atoms with Crippen molar-refractivity contribution in [2.45, 2.75) is 63.5 Å². The predicted molar refractivity (Wildman–Crippen MR) is 77.8 cm³/mol. The number of primary amides is 1. The first kappa shape index (κ1) is 14.8. The number of nitrogens with one attached hydrogen (secondary N) is 1. The molecule has 0 aromatic carbocycles. The van der Waals surface area contributed by atoms with Crippen molar-refractivity contribution in [2.24, 2.45) is 11.7 Å². The van der Waals surface area contributed by atoms with Crippen molar-refractivity contribution < 1.29 is 4.79 Å². The summed E-state index contributed by atoms with van der Waals surface area (Å²) in [6.07, 6.45) is 8.81. The van der Waals surface area contributed by atoms with Crippen molar-refractivity contribution >= 4 is 5.91 Å². The van der Waals surface area contributed by atoms with Gasteiger partial charge in [-0.2, -0.15) is 0 Å². The number of hydrogen-bond acceptors (Lipinski definition) is 3. The lowest BCUT2D eigenvalue weighted by Crippen LogP contribution is -2.63. The molecule has 110 valence electrons. The minimum Gasteiger partial charge on any atom is -0.368 e. The van der Waals surface area contributed by atoms with E-state index < -0.39 is 5.54 Å². The molecule has 2 aliphatic rings. The van der Waals surface area contributed by atoms with Crippen molar-refractivity contribution in [2.75, 3.05) is 20.1 Å². The summed E-state index contributed by atoms with van der Waals surface area (Å²) in [5.74, 6) is 0.274. The van der Waals surface area contributed by atoms with Crippen molar-refractivity contribution in [3.63, 3.8) is 0 Å². The fourth-order valence-electron chi connectivity index (χ4n) is 3.63. The van der Waals surface area contributed by atoms with Crippen molar-refractivity contribution in [1.82, 2.24) is 10.2 Å². The van der Waals surface area contributed by atoms with E-state index in [1.54, 1.807) is 0 Å². The van der Waals surface area contributed by atoms with Crippen LogP contribution in [-0.2, 0) is 4.79 Å². The van der Waals surface area contributed by atoms with Gasteiger partial charge in [0.25, 0.3) is 0 Å². The highest BCUT2D eigenvalue weighted by molar-refractivity contribution is 5.86. The van der Waals surface area contributed by atoms with E-state index in [0.717, 1.165) is 25.9 Å². The topological polar surface area (TPSA) is 58.4 Å². The fraction of sp³-hybridized carbons (Fsp3) is 0.933. The monoisotopic (exact) mass is 267 g/mol. The zero-order valence-electron chi connectivity index (χ0n) is 12.5. The first-order valence-electron chi connectivity index (χ1n) is 7.85. The Morgan fingerprint density at radius 3 is 2.37 bits per heavy atom. The molecule has 1 amide bonds. The third-order valence-electron chi connectivity index (χ3n) is 4.90. The first-order chi connectivity index (χ1) is 9.10. The van der Waals surface area contributed by atoms with E-state index in [0.29, 0.717) is 12.0 Å². The molecule has 0 bridgehead atoms. The average molecular weight is 267 g/mol. The standard InChI is InChI=1S/C15H29N3O/c1-3-17-15(14(16)19,12-9-10-12)11-18(2)13-7-5-4-6-8-13/h12-13,17H,3-11H2,1-2H3,(H2,16,19). The zero-order chi connectivity index (χ0) is 13.9. The number of likely N-dealkylation sites (N-methyl/N-ethyl adjacent to an activating group) is 2. The predicted octanol–water partition coefficient (Wildman–Crippen LogP) is 1.49. The fourth-order valence-corrected chi connectivity index (χ4v) is 3.63. The molecule has 0 aromatic heterocycles. The molecule has 4 heteroatoms. The van der Waals surface area contributed by atoms with Gasteiger partial charge in [-0.05, 0) is 45.2 Å². The molecule has 19 heavy (non-hydrogen) atoms. The van der Waals surface area contributed by atoms with E-state index in [1.165, 1.54) is 32.1 Å². The molecule has 2 rings (SSSR count). The highest BCUT2D eigenvalue weighted by Crippen LogP contribution is 2.40. The van der Waals surface area contributed by atoms with Crippen molar-refractivity contribution in [3.05, 3.63) is 0 Å². The lowest BCUT2D eigenvalue weighted by Gasteiger charge is -2.40. The van der Waals surface area contributed by atoms with Crippen LogP contribution >= 0.6 is 0 Å². The highest BCUT2D eigenvalue weighted by atomic mass is 16.1. The molecule has 3 N–H and O–H groups in total. The Morgan fingerprint density at radius 1 is 1.26 bits per heavy atom. The molecule has 0 aliphatic heterocycles. The molecule has 0 spiro atoms. The second-order valence-corrected chi connectivity index (χ2v) is 6.35. The summed E-state index contributed by atoms with van der Waals surface area (Å²) < 4.78 is 0. The van der Waals surface area contributed by atoms with Gasteiger partial charge in [-0.25, -0.2) is 0 Å². The molecule has 0 radical (unpaired) electrons. The summed E-state index contributed by atoms with van der Waals surface area (Å²) in [5, 5.41) is 3.41. The summed E-state index contributed by atoms with van der Waals surface area (Å²) in [4.78, 5) is 14.4. The van der Waals surface area contributed by atoms with Crippen LogP contribution in [0.3, 0.4) is 0 Å². The van der Waals surface area contributed by atoms with Gasteiger partial charge in [0.15, 0.2) is 0 Å². The molecule has 0 aromatic rings. The maximum absolute atomic E-state index is 12.0. The summed E-state index contributed by atoms with van der Waals surface area (Å²) in [5.41, 5.74) is 5.25. The molecular weight excluding hydrogens is 238 g/mol. The molecule has 1 unspecified atom stereocenters. The number of amides is 1. The van der Waals surface area contributed by atoms with Gasteiger partial charge >= 0.3 is 0 Å². The van der Waals surface area contributed by atoms with Crippen LogP contribution in [0.5, 0.6) is 0 Å². The van der Waals surface area contributed by atoms with Gasteiger partial charge in [0, 0.05) is 12.6 Å². The third kappa shape index (κ3) is 3.29. The number of nitrogens with zero attached hydrogens (tertiary/aromatic N) is 1. The SMILES string of the molecule is CCNC(CN(C)C1CCCCC1)(C(N)=O)C1CC1. The summed E-state index contributed by atoms with van der Waals surface area (Å²) >= 11 is 0. The zero-order valence-corrected chi connectivity index (χ0v) is 12.5. The summed E-state index contributed by atoms with van der Waals surface area (Å²) in [7, 11) is 2.16. The van der Waals surface area contributed by atoms with Crippen molar-refractivity contribution in [1.29, 1.82) is 0 Å². The smallest absolute Gasteiger partial charge is 0.239 e. The van der Waals surface area contributed by atoms with Crippen LogP contribution in [0, 0.1) is 5.92 Å². The minimum atomic E-state index is -0.499. The molecule has 2 saturated carbocycles. The Hall–Kier alpha value is -0.610. The van der Waals surface area contributed by atoms with E-state index in [4.69, 9.17) is 5.73 Å². The van der Waals surface area contributed by atoms with Crippen LogP contribution in [0.25, 0.3) is 0 Å². The number of rotatable bonds is 7. The average Bonchev–Trinajstić information content (AvgIpc) is 3.23. The van der Waals surface area contributed by atoms with Crippen LogP contribution < -0.4 is 11.1 Å². The number of carbonyl (C=O) groups excluding carboxylic acids is 1. The van der Waals surface area contributed by atoms with Gasteiger partial charge in [0.1, 0.15) is 5.54 Å². The van der Waals surface area contributed by atoms with E-state index in [2.05, 4.69) is 24.2 Å². The third-order valence-corrected chi connectivity index (χ3v) is 4.90. The van der Waals surface area contributed by atoms with Crippen LogP contribution in [-0.4, -0.2) is 42.5 Å². The molecule has 2 aliphatic carbocycles. The molecule has 0 heterocycles. The maximum Gasteiger partial charge on any atom is 0.239 e. The largest absolute Gasteiger partial charge is 0.368 e. The van der Waals surface area contributed by atoms with Gasteiger partial charge in [-0.3, -0.25) is 4.79 Å². The Balaban J connectivity index is 2.03. The highest BCUT2D eigenvalue weighted by Gasteiger charge is 2.50. The van der Waals surface area contributed by atoms with Crippen LogP contribution in [0.15, 0.2) is 0 Å². The molecule has 0 saturated heterocycles. The molecule has 4 nitrogen and oxygen atoms in total. The van der Waals surface area contributed by atoms with E-state index >= 15 is 0 Å². The van der Waals surface area contributed by atoms with Gasteiger partial charge < -0.3 is 16.0 Å². The lowest BCUT2D eigenvalue weighted by atomic mass is 9.88. The number of nitrogens with two attached hydrogens (primary N) is 1. The Labute approximate surface area is 117 Å². The lowest BCUT2D eigenvalue weighted by molar-refractivity contribution is -0.126. The molecule has 2 fully saturated rings. The molecular formula is C15H29N3O. The molecule has 1 atom stereocenters. The Morgan fingerprint density at radius 2 is 1.89 bits per heavy atom.